The van der Waals surface area contributed by atoms with Gasteiger partial charge in [0.1, 0.15) is 18.3 Å². The Morgan fingerprint density at radius 1 is 0.407 bits per heavy atom. The summed E-state index contributed by atoms with van der Waals surface area (Å²) in [4.78, 5) is 187. The van der Waals surface area contributed by atoms with Gasteiger partial charge in [-0.15, -0.1) is 0 Å². The van der Waals surface area contributed by atoms with E-state index in [9.17, 15) is 127 Å². The monoisotopic (exact) mass is 1770 g/mol. The quantitative estimate of drug-likeness (QED) is 0.0116. The smallest absolute Gasteiger partial charge is 0.480 e. The predicted octanol–water partition coefficient (Wildman–Crippen LogP) is -8.78. The fraction of sp³-hybridized carbons (Fsp3) is 0.667. The molecule has 0 fully saturated rings. The first kappa shape index (κ1) is 107. The van der Waals surface area contributed by atoms with E-state index in [4.69, 9.17) is 72.7 Å². The van der Waals surface area contributed by atoms with Crippen LogP contribution in [0.25, 0.3) is 0 Å². The van der Waals surface area contributed by atoms with Crippen LogP contribution in [0.15, 0.2) is 50.5 Å². The van der Waals surface area contributed by atoms with Crippen molar-refractivity contribution >= 4 is 101 Å². The number of guanidine groups is 3. The molecule has 3 rings (SSSR count). The number of aliphatic carboxylic acids is 5. The minimum Gasteiger partial charge on any atom is -0.480 e. The van der Waals surface area contributed by atoms with Gasteiger partial charge in [0, 0.05) is 73.1 Å². The molecule has 3 heterocycles. The molecule has 0 bridgehead atoms. The Balaban J connectivity index is 0.00000699. The summed E-state index contributed by atoms with van der Waals surface area (Å²) in [6.07, 6.45) is -15.9. The van der Waals surface area contributed by atoms with Crippen molar-refractivity contribution in [3.8, 4) is 0 Å². The zero-order chi connectivity index (χ0) is 92.8. The molecule has 54 heteroatoms. The summed E-state index contributed by atoms with van der Waals surface area (Å²) in [5, 5.41) is 131. The highest BCUT2D eigenvalue weighted by atomic mass is 19.4. The molecule has 0 radical (unpaired) electrons. The standard InChI is InChI=1S/C67H112N20O29.C2HF3O2/c1-34(91)80-50-37(83-62(68)69)24-43(59(102)103)111-56(50)53(40(94)31-88)114-65(108)77-19-13-7-4-10-16-74-46(97)27-86(28-47(98)75-17-11-5-8-14-20-78-66(109)115-54(41(95)32-89)57-51(81-35(2)92)38(84-63(70)71)25-44(112-57)60(104)105)22-23-87(30-49(100)101)29-48(99)76-18-12-6-9-15-21-79-67(110)116-55(42(96)33-90)58-52(82-36(3)93)39(85-64(72)73)26-45(113-58)61(106)107;3-2(4,5)1(6)7/h24-26,37-42,50-58,88-90,94-96H,4-23,27-33H2,1-3H3,(H,74,97)(H,75,98)(H,76,99)(H,77,108)(H,78,109)(H,79,110)(H,80,91)(H,81,92)(H,82,93)(H,100,101)(H,102,103)(H,104,105)(H,106,107)(H4,68,69,83)(H4,70,71,84)(H4,72,73,85);(H,6,7)/t37-,38-,39-,40+,41+,42+,50+,51+,52+,53+,54+,55+,56+,57?,58+;/m0./s1. The number of alkyl halides is 3. The van der Waals surface area contributed by atoms with Crippen molar-refractivity contribution in [3.05, 3.63) is 35.5 Å². The van der Waals surface area contributed by atoms with Crippen LogP contribution < -0.4 is 82.3 Å². The number of hydrogen-bond donors (Lipinski definition) is 26. The van der Waals surface area contributed by atoms with Crippen LogP contribution in [0.5, 0.6) is 0 Å². The number of nitrogens with zero attached hydrogens (tertiary/aromatic N) is 5. The van der Waals surface area contributed by atoms with Crippen LogP contribution in [-0.2, 0) is 81.2 Å². The van der Waals surface area contributed by atoms with Gasteiger partial charge in [0.25, 0.3) is 0 Å². The number of carboxylic acids is 5. The van der Waals surface area contributed by atoms with E-state index in [0.717, 1.165) is 39.0 Å². The Labute approximate surface area is 700 Å². The van der Waals surface area contributed by atoms with Gasteiger partial charge in [-0.05, 0) is 56.8 Å². The number of rotatable bonds is 53. The molecule has 3 aliphatic rings. The van der Waals surface area contributed by atoms with E-state index in [0.29, 0.717) is 77.0 Å². The number of carbonyl (C=O) groups is 14. The molecule has 51 nitrogen and oxygen atoms in total. The summed E-state index contributed by atoms with van der Waals surface area (Å²) in [6.45, 7) is -1.17. The third-order valence-electron chi connectivity index (χ3n) is 17.5. The summed E-state index contributed by atoms with van der Waals surface area (Å²) in [5.41, 5.74) is 33.3. The van der Waals surface area contributed by atoms with Crippen LogP contribution >= 0.6 is 0 Å². The summed E-state index contributed by atoms with van der Waals surface area (Å²) < 4.78 is 64.6. The number of alkyl carbamates (subject to hydrolysis) is 3. The zero-order valence-electron chi connectivity index (χ0n) is 67.4. The van der Waals surface area contributed by atoms with Crippen LogP contribution in [0.4, 0.5) is 27.6 Å². The van der Waals surface area contributed by atoms with Crippen LogP contribution in [0.3, 0.4) is 0 Å². The van der Waals surface area contributed by atoms with Gasteiger partial charge < -0.3 is 167 Å². The van der Waals surface area contributed by atoms with E-state index in [2.05, 4.69) is 62.8 Å². The largest absolute Gasteiger partial charge is 0.490 e. The number of carbonyl (C=O) groups excluding carboxylic acids is 9. The van der Waals surface area contributed by atoms with Crippen molar-refractivity contribution in [2.45, 2.75) is 195 Å². The van der Waals surface area contributed by atoms with Gasteiger partial charge in [-0.1, -0.05) is 38.5 Å². The van der Waals surface area contributed by atoms with Crippen molar-refractivity contribution in [1.82, 2.24) is 57.7 Å². The first-order valence-corrected chi connectivity index (χ1v) is 38.2. The number of carboxylic acid groups (broad SMARTS) is 5. The summed E-state index contributed by atoms with van der Waals surface area (Å²) in [7, 11) is 0. The molecule has 0 saturated carbocycles. The number of amides is 9. The normalized spacial score (nSPS) is 19.8. The van der Waals surface area contributed by atoms with Crippen LogP contribution in [0.2, 0.25) is 0 Å². The second-order valence-electron chi connectivity index (χ2n) is 27.6. The molecule has 0 saturated heterocycles. The van der Waals surface area contributed by atoms with Gasteiger partial charge in [-0.2, -0.15) is 13.2 Å². The van der Waals surface area contributed by atoms with Crippen LogP contribution in [-0.4, -0.2) is 363 Å². The number of unbranched alkanes of at least 4 members (excludes halogenated alkanes) is 9. The number of aliphatic hydroxyl groups excluding tert-OH is 6. The maximum absolute atomic E-state index is 13.5. The highest BCUT2D eigenvalue weighted by Crippen LogP contribution is 2.30. The SMILES string of the molecule is CC(=O)N[C@H]1[C@H]([C@H](OC(=O)NCCCCCCNC(=O)CN(CCN(CC(=O)NCCCCCCNC(=O)O[C@@H]([C@@H]2OC(C(=O)O)=C[C@H](N=C(N)N)[C@H]2NC(C)=O)[C@H](O)CO)CC(=O)NCCCCCCNC(=O)O[C@@H](C2OC(C(=O)O)=C[C@H](N=C(N)N)[C@H]2NC(C)=O)[C@H](O)CO)CC(=O)O)[C@H](O)CO)OC(C(=O)O)=C[C@@H]1N=C(N)N.O=C(O)C(F)(F)F. The van der Waals surface area contributed by atoms with E-state index in [1.54, 1.807) is 0 Å². The van der Waals surface area contributed by atoms with Gasteiger partial charge in [-0.3, -0.25) is 43.4 Å². The highest BCUT2D eigenvalue weighted by Gasteiger charge is 2.50. The average molecular weight is 1780 g/mol. The molecule has 1 unspecified atom stereocenters. The Bertz CT molecular complexity index is 3560. The lowest BCUT2D eigenvalue weighted by atomic mass is 9.92. The predicted molar refractivity (Wildman–Crippen MR) is 416 cm³/mol. The molecule has 3 aliphatic heterocycles. The highest BCUT2D eigenvalue weighted by molar-refractivity contribution is 5.87. The summed E-state index contributed by atoms with van der Waals surface area (Å²) in [6, 6.07) is -7.75. The molecule has 123 heavy (non-hydrogen) atoms. The number of halogens is 3. The lowest BCUT2D eigenvalue weighted by Crippen LogP contribution is -2.61. The number of aliphatic imine (C=N–C) groups is 3. The summed E-state index contributed by atoms with van der Waals surface area (Å²) >= 11 is 0. The maximum Gasteiger partial charge on any atom is 0.490 e. The summed E-state index contributed by atoms with van der Waals surface area (Å²) in [5.74, 6) is -16.0. The number of nitrogens with two attached hydrogens (primary N) is 6. The number of ether oxygens (including phenoxy) is 6. The van der Waals surface area contributed by atoms with Gasteiger partial charge in [0.15, 0.2) is 54.5 Å². The molecule has 0 aromatic carbocycles. The van der Waals surface area contributed by atoms with Gasteiger partial charge in [0.2, 0.25) is 52.7 Å². The Hall–Kier alpha value is -12.1. The molecule has 0 spiro atoms. The average Bonchev–Trinajstić information content (AvgIpc) is 0.799. The molecular formula is C69H113F3N20O31. The fourth-order valence-electron chi connectivity index (χ4n) is 12.0. The first-order chi connectivity index (χ1) is 57.8. The van der Waals surface area contributed by atoms with Gasteiger partial charge >= 0.3 is 54.3 Å². The first-order valence-electron chi connectivity index (χ1n) is 38.2. The third-order valence-corrected chi connectivity index (χ3v) is 17.5. The van der Waals surface area contributed by atoms with Gasteiger partial charge in [0.05, 0.1) is 82.3 Å². The van der Waals surface area contributed by atoms with Crippen LogP contribution in [0, 0.1) is 0 Å². The molecule has 9 amide bonds. The van der Waals surface area contributed by atoms with Crippen molar-refractivity contribution in [2.75, 3.05) is 98.4 Å². The minimum atomic E-state index is -5.08. The molecule has 15 atom stereocenters. The topological polar surface area (TPSA) is 825 Å². The number of aliphatic hydroxyl groups is 6. The minimum absolute atomic E-state index is 0.00934. The Kier molecular flexibility index (Phi) is 48.5. The van der Waals surface area contributed by atoms with E-state index < -0.39 is 249 Å². The van der Waals surface area contributed by atoms with Crippen molar-refractivity contribution in [2.24, 2.45) is 49.4 Å². The van der Waals surface area contributed by atoms with E-state index in [-0.39, 0.29) is 65.4 Å². The van der Waals surface area contributed by atoms with E-state index in [1.807, 2.05) is 0 Å². The number of nitrogens with one attached hydrogen (secondary N) is 9. The molecule has 0 aromatic heterocycles. The van der Waals surface area contributed by atoms with Crippen molar-refractivity contribution < 1.29 is 165 Å². The van der Waals surface area contributed by atoms with Crippen molar-refractivity contribution in [1.29, 1.82) is 0 Å². The second-order valence-corrected chi connectivity index (χ2v) is 27.6. The maximum atomic E-state index is 13.5. The molecular weight excluding hydrogens is 1660 g/mol. The number of hydrogen-bond acceptors (Lipinski definition) is 31. The molecule has 0 aliphatic carbocycles. The second kappa shape index (κ2) is 55.7. The Morgan fingerprint density at radius 2 is 0.634 bits per heavy atom. The van der Waals surface area contributed by atoms with Crippen molar-refractivity contribution in [3.63, 3.8) is 0 Å². The lowest BCUT2D eigenvalue weighted by molar-refractivity contribution is -0.192. The molecule has 696 valence electrons. The van der Waals surface area contributed by atoms with E-state index in [1.165, 1.54) is 9.80 Å². The fourth-order valence-corrected chi connectivity index (χ4v) is 12.0. The van der Waals surface area contributed by atoms with E-state index >= 15 is 0 Å². The molecule has 0 aromatic rings. The van der Waals surface area contributed by atoms with Gasteiger partial charge in [-0.25, -0.2) is 48.5 Å². The lowest BCUT2D eigenvalue weighted by Gasteiger charge is -2.39. The third kappa shape index (κ3) is 42.3. The Morgan fingerprint density at radius 3 is 0.829 bits per heavy atom. The molecule has 32 N–H and O–H groups in total. The van der Waals surface area contributed by atoms with Crippen LogP contribution in [0.1, 0.15) is 97.8 Å². The zero-order valence-corrected chi connectivity index (χ0v) is 67.4.